The molecule has 1 saturated heterocycles. The van der Waals surface area contributed by atoms with Gasteiger partial charge in [0.15, 0.2) is 10.9 Å². The van der Waals surface area contributed by atoms with E-state index < -0.39 is 5.82 Å². The van der Waals surface area contributed by atoms with E-state index in [1.54, 1.807) is 17.0 Å². The van der Waals surface area contributed by atoms with Gasteiger partial charge >= 0.3 is 0 Å². The van der Waals surface area contributed by atoms with Crippen molar-refractivity contribution in [3.8, 4) is 11.3 Å². The Morgan fingerprint density at radius 3 is 2.81 bits per heavy atom. The van der Waals surface area contributed by atoms with E-state index in [1.807, 2.05) is 17.0 Å². The van der Waals surface area contributed by atoms with Crippen LogP contribution >= 0.6 is 22.7 Å². The van der Waals surface area contributed by atoms with Crippen LogP contribution in [0.15, 0.2) is 35.3 Å². The Morgan fingerprint density at radius 2 is 2.00 bits per heavy atom. The fraction of sp³-hybridized carbons (Fsp3) is 0.286. The molecule has 1 aliphatic rings. The summed E-state index contributed by atoms with van der Waals surface area (Å²) in [5.74, 6) is -0.375. The molecule has 0 spiro atoms. The molecule has 4 heterocycles. The molecule has 164 valence electrons. The maximum absolute atomic E-state index is 14.5. The van der Waals surface area contributed by atoms with E-state index >= 15 is 0 Å². The third kappa shape index (κ3) is 4.18. The van der Waals surface area contributed by atoms with Gasteiger partial charge in [-0.25, -0.2) is 24.3 Å². The lowest BCUT2D eigenvalue weighted by atomic mass is 10.1. The number of amides is 1. The molecule has 0 radical (unpaired) electrons. The Labute approximate surface area is 191 Å². The van der Waals surface area contributed by atoms with Crippen molar-refractivity contribution >= 4 is 49.9 Å². The molecule has 0 atom stereocenters. The smallest absolute Gasteiger partial charge is 0.273 e. The molecule has 1 aliphatic heterocycles. The summed E-state index contributed by atoms with van der Waals surface area (Å²) in [4.78, 5) is 33.9. The zero-order valence-electron chi connectivity index (χ0n) is 17.3. The van der Waals surface area contributed by atoms with Gasteiger partial charge < -0.3 is 15.1 Å². The number of anilines is 2. The number of carbonyl (C=O) groups is 1. The zero-order valence-corrected chi connectivity index (χ0v) is 18.9. The molecular weight excluding hydrogens is 449 g/mol. The molecule has 3 aromatic heterocycles. The third-order valence-corrected chi connectivity index (χ3v) is 6.95. The topological polar surface area (TPSA) is 87.1 Å². The van der Waals surface area contributed by atoms with Crippen molar-refractivity contribution in [1.82, 2.24) is 29.7 Å². The number of carbonyl (C=O) groups excluding carboxylic acids is 1. The molecule has 0 aliphatic carbocycles. The Morgan fingerprint density at radius 1 is 1.16 bits per heavy atom. The van der Waals surface area contributed by atoms with Gasteiger partial charge in [0.2, 0.25) is 5.95 Å². The summed E-state index contributed by atoms with van der Waals surface area (Å²) in [6, 6.07) is 5.49. The van der Waals surface area contributed by atoms with Gasteiger partial charge in [0.25, 0.3) is 5.91 Å². The SMILES string of the molecule is CCN1CCN(C(=O)c2csc(Nc3ncc(F)c(-c4ccc5ncsc5c4)n3)n2)CC1. The first-order valence-corrected chi connectivity index (χ1v) is 12.0. The van der Waals surface area contributed by atoms with Crippen molar-refractivity contribution in [3.05, 3.63) is 46.8 Å². The highest BCUT2D eigenvalue weighted by atomic mass is 32.1. The van der Waals surface area contributed by atoms with E-state index in [4.69, 9.17) is 0 Å². The summed E-state index contributed by atoms with van der Waals surface area (Å²) >= 11 is 2.78. The normalized spacial score (nSPS) is 14.8. The number of nitrogens with one attached hydrogen (secondary N) is 1. The molecule has 1 fully saturated rings. The standard InChI is InChI=1S/C21H20FN7OS2/c1-2-28-5-7-29(8-6-28)19(30)16-11-31-21(25-16)27-20-23-10-14(22)18(26-20)13-3-4-15-17(9-13)32-12-24-15/h3-4,9-12H,2,5-8H2,1H3,(H,23,25,26,27). The van der Waals surface area contributed by atoms with E-state index in [0.29, 0.717) is 29.5 Å². The van der Waals surface area contributed by atoms with Crippen LogP contribution in [0.25, 0.3) is 21.5 Å². The number of fused-ring (bicyclic) bond motifs is 1. The van der Waals surface area contributed by atoms with Crippen molar-refractivity contribution in [2.24, 2.45) is 0 Å². The fourth-order valence-corrected chi connectivity index (χ4v) is 4.98. The highest BCUT2D eigenvalue weighted by molar-refractivity contribution is 7.16. The van der Waals surface area contributed by atoms with Gasteiger partial charge in [-0.05, 0) is 18.7 Å². The molecule has 0 saturated carbocycles. The largest absolute Gasteiger partial charge is 0.335 e. The summed E-state index contributed by atoms with van der Waals surface area (Å²) in [5, 5.41) is 5.20. The lowest BCUT2D eigenvalue weighted by molar-refractivity contribution is 0.0638. The van der Waals surface area contributed by atoms with Gasteiger partial charge in [0.05, 0.1) is 21.9 Å². The first kappa shape index (κ1) is 20.9. The van der Waals surface area contributed by atoms with Crippen LogP contribution in [0, 0.1) is 5.82 Å². The van der Waals surface area contributed by atoms with Crippen molar-refractivity contribution in [3.63, 3.8) is 0 Å². The number of piperazine rings is 1. The summed E-state index contributed by atoms with van der Waals surface area (Å²) < 4.78 is 15.4. The molecule has 1 aromatic carbocycles. The number of benzene rings is 1. The fourth-order valence-electron chi connectivity index (χ4n) is 3.59. The van der Waals surface area contributed by atoms with Crippen LogP contribution in [0.3, 0.4) is 0 Å². The monoisotopic (exact) mass is 469 g/mol. The average Bonchev–Trinajstić information content (AvgIpc) is 3.49. The molecule has 11 heteroatoms. The number of aromatic nitrogens is 4. The minimum Gasteiger partial charge on any atom is -0.335 e. The number of likely N-dealkylation sites (N-methyl/N-ethyl adjacent to an activating group) is 1. The van der Waals surface area contributed by atoms with E-state index in [-0.39, 0.29) is 17.5 Å². The molecule has 1 N–H and O–H groups in total. The predicted octanol–water partition coefficient (Wildman–Crippen LogP) is 3.87. The second-order valence-corrected chi connectivity index (χ2v) is 9.06. The van der Waals surface area contributed by atoms with Gasteiger partial charge in [0, 0.05) is 37.1 Å². The molecule has 5 rings (SSSR count). The summed E-state index contributed by atoms with van der Waals surface area (Å²) in [6.45, 7) is 6.25. The first-order chi connectivity index (χ1) is 15.6. The summed E-state index contributed by atoms with van der Waals surface area (Å²) in [6.07, 6.45) is 1.13. The van der Waals surface area contributed by atoms with Gasteiger partial charge in [-0.2, -0.15) is 0 Å². The van der Waals surface area contributed by atoms with E-state index in [9.17, 15) is 9.18 Å². The van der Waals surface area contributed by atoms with Crippen LogP contribution in [0.4, 0.5) is 15.5 Å². The lowest BCUT2D eigenvalue weighted by Crippen LogP contribution is -2.48. The average molecular weight is 470 g/mol. The maximum atomic E-state index is 14.5. The zero-order chi connectivity index (χ0) is 22.1. The number of thiazole rings is 2. The van der Waals surface area contributed by atoms with Crippen LogP contribution in [-0.4, -0.2) is 68.4 Å². The minimum atomic E-state index is -0.513. The van der Waals surface area contributed by atoms with Crippen LogP contribution < -0.4 is 5.32 Å². The van der Waals surface area contributed by atoms with Crippen LogP contribution in [-0.2, 0) is 0 Å². The van der Waals surface area contributed by atoms with Gasteiger partial charge in [-0.15, -0.1) is 22.7 Å². The van der Waals surface area contributed by atoms with Crippen molar-refractivity contribution in [2.75, 3.05) is 38.0 Å². The summed E-state index contributed by atoms with van der Waals surface area (Å²) in [5.41, 5.74) is 3.84. The molecular formula is C21H20FN7OS2. The highest BCUT2D eigenvalue weighted by Gasteiger charge is 2.23. The Balaban J connectivity index is 1.32. The van der Waals surface area contributed by atoms with Crippen molar-refractivity contribution in [1.29, 1.82) is 0 Å². The molecule has 4 aromatic rings. The molecule has 32 heavy (non-hydrogen) atoms. The predicted molar refractivity (Wildman–Crippen MR) is 124 cm³/mol. The second kappa shape index (κ2) is 8.85. The molecule has 0 bridgehead atoms. The Kier molecular flexibility index (Phi) is 5.77. The van der Waals surface area contributed by atoms with Gasteiger partial charge in [0.1, 0.15) is 11.4 Å². The van der Waals surface area contributed by atoms with Crippen molar-refractivity contribution in [2.45, 2.75) is 6.92 Å². The molecule has 8 nitrogen and oxygen atoms in total. The van der Waals surface area contributed by atoms with Gasteiger partial charge in [-0.3, -0.25) is 4.79 Å². The quantitative estimate of drug-likeness (QED) is 0.475. The Hall–Kier alpha value is -3.02. The van der Waals surface area contributed by atoms with E-state index in [1.165, 1.54) is 22.7 Å². The van der Waals surface area contributed by atoms with Crippen LogP contribution in [0.2, 0.25) is 0 Å². The number of hydrogen-bond acceptors (Lipinski definition) is 9. The van der Waals surface area contributed by atoms with Crippen molar-refractivity contribution < 1.29 is 9.18 Å². The first-order valence-electron chi connectivity index (χ1n) is 10.2. The van der Waals surface area contributed by atoms with E-state index in [2.05, 4.69) is 37.1 Å². The molecule has 1 amide bonds. The van der Waals surface area contributed by atoms with Crippen LogP contribution in [0.5, 0.6) is 0 Å². The maximum Gasteiger partial charge on any atom is 0.273 e. The Bertz CT molecular complexity index is 1270. The third-order valence-electron chi connectivity index (χ3n) is 5.40. The molecule has 0 unspecified atom stereocenters. The van der Waals surface area contributed by atoms with Gasteiger partial charge in [-0.1, -0.05) is 13.0 Å². The lowest BCUT2D eigenvalue weighted by Gasteiger charge is -2.33. The number of nitrogens with zero attached hydrogens (tertiary/aromatic N) is 6. The highest BCUT2D eigenvalue weighted by Crippen LogP contribution is 2.28. The van der Waals surface area contributed by atoms with Crippen LogP contribution in [0.1, 0.15) is 17.4 Å². The number of rotatable bonds is 5. The minimum absolute atomic E-state index is 0.0800. The van der Waals surface area contributed by atoms with E-state index in [0.717, 1.165) is 36.0 Å². The number of halogens is 1. The second-order valence-electron chi connectivity index (χ2n) is 7.31. The number of hydrogen-bond donors (Lipinski definition) is 1. The summed E-state index contributed by atoms with van der Waals surface area (Å²) in [7, 11) is 0.